The van der Waals surface area contributed by atoms with Crippen LogP contribution in [0, 0.1) is 0 Å². The van der Waals surface area contributed by atoms with E-state index in [-0.39, 0.29) is 18.1 Å². The fourth-order valence-electron chi connectivity index (χ4n) is 1.61. The third kappa shape index (κ3) is 4.61. The van der Waals surface area contributed by atoms with Gasteiger partial charge in [0.1, 0.15) is 0 Å². The number of nitrogens with one attached hydrogen (secondary N) is 2. The van der Waals surface area contributed by atoms with Gasteiger partial charge in [0.2, 0.25) is 5.91 Å². The molecule has 0 aliphatic heterocycles. The first-order valence-electron chi connectivity index (χ1n) is 6.37. The maximum absolute atomic E-state index is 11.8. The van der Waals surface area contributed by atoms with E-state index in [0.717, 1.165) is 5.69 Å². The highest BCUT2D eigenvalue weighted by Gasteiger charge is 2.08. The van der Waals surface area contributed by atoms with Crippen LogP contribution in [0.2, 0.25) is 0 Å². The quantitative estimate of drug-likeness (QED) is 0.653. The number of hydrogen-bond donors (Lipinski definition) is 2. The molecule has 1 aromatic carbocycles. The highest BCUT2D eigenvalue weighted by atomic mass is 16.3. The Labute approximate surface area is 121 Å². The summed E-state index contributed by atoms with van der Waals surface area (Å²) in [5, 5.41) is 6.59. The molecular formula is C15H15N3O3. The fraction of sp³-hybridized carbons (Fsp3) is 0.133. The van der Waals surface area contributed by atoms with E-state index in [1.165, 1.54) is 12.3 Å². The number of benzene rings is 1. The van der Waals surface area contributed by atoms with Crippen LogP contribution in [-0.2, 0) is 4.79 Å². The van der Waals surface area contributed by atoms with Gasteiger partial charge < -0.3 is 9.73 Å². The summed E-state index contributed by atoms with van der Waals surface area (Å²) in [6, 6.07) is 12.3. The second-order valence-corrected chi connectivity index (χ2v) is 4.36. The topological polar surface area (TPSA) is 83.7 Å². The molecule has 0 fully saturated rings. The van der Waals surface area contributed by atoms with E-state index >= 15 is 0 Å². The van der Waals surface area contributed by atoms with Crippen molar-refractivity contribution < 1.29 is 14.0 Å². The fourth-order valence-corrected chi connectivity index (χ4v) is 1.61. The summed E-state index contributed by atoms with van der Waals surface area (Å²) in [5.41, 5.74) is 3.54. The normalized spacial score (nSPS) is 11.0. The van der Waals surface area contributed by atoms with Crippen LogP contribution < -0.4 is 10.7 Å². The van der Waals surface area contributed by atoms with Gasteiger partial charge in [0.25, 0.3) is 0 Å². The van der Waals surface area contributed by atoms with Gasteiger partial charge >= 0.3 is 5.91 Å². The second kappa shape index (κ2) is 7.04. The van der Waals surface area contributed by atoms with Crippen LogP contribution in [0.4, 0.5) is 5.69 Å². The van der Waals surface area contributed by atoms with Crippen LogP contribution in [0.3, 0.4) is 0 Å². The summed E-state index contributed by atoms with van der Waals surface area (Å²) in [6.07, 6.45) is 1.49. The molecule has 2 amide bonds. The molecule has 108 valence electrons. The summed E-state index contributed by atoms with van der Waals surface area (Å²) in [4.78, 5) is 23.3. The van der Waals surface area contributed by atoms with Crippen molar-refractivity contribution in [1.82, 2.24) is 5.43 Å². The van der Waals surface area contributed by atoms with Crippen molar-refractivity contribution >= 4 is 23.2 Å². The van der Waals surface area contributed by atoms with E-state index < -0.39 is 5.91 Å². The molecule has 0 saturated carbocycles. The second-order valence-electron chi connectivity index (χ2n) is 4.36. The average molecular weight is 285 g/mol. The monoisotopic (exact) mass is 285 g/mol. The van der Waals surface area contributed by atoms with Gasteiger partial charge in [-0.3, -0.25) is 9.59 Å². The Morgan fingerprint density at radius 1 is 1.14 bits per heavy atom. The Morgan fingerprint density at radius 2 is 1.90 bits per heavy atom. The smallest absolute Gasteiger partial charge is 0.307 e. The van der Waals surface area contributed by atoms with Crippen molar-refractivity contribution in [2.75, 3.05) is 5.32 Å². The standard InChI is InChI=1S/C15H15N3O3/c1-11(17-18-15(20)13-8-5-9-21-13)10-14(19)16-12-6-3-2-4-7-12/h2-9H,10H2,1H3,(H,16,19)(H,18,20)/b17-11+. The molecule has 1 aromatic heterocycles. The first-order chi connectivity index (χ1) is 10.1. The van der Waals surface area contributed by atoms with Crippen LogP contribution in [0.5, 0.6) is 0 Å². The Morgan fingerprint density at radius 3 is 2.57 bits per heavy atom. The molecule has 6 heteroatoms. The number of anilines is 1. The lowest BCUT2D eigenvalue weighted by molar-refractivity contribution is -0.115. The van der Waals surface area contributed by atoms with Gasteiger partial charge in [0.05, 0.1) is 12.7 Å². The van der Waals surface area contributed by atoms with E-state index in [1.807, 2.05) is 18.2 Å². The van der Waals surface area contributed by atoms with Gasteiger partial charge in [-0.15, -0.1) is 0 Å². The lowest BCUT2D eigenvalue weighted by Crippen LogP contribution is -2.21. The number of nitrogens with zero attached hydrogens (tertiary/aromatic N) is 1. The van der Waals surface area contributed by atoms with Crippen molar-refractivity contribution in [3.05, 3.63) is 54.5 Å². The minimum absolute atomic E-state index is 0.0906. The number of furan rings is 1. The number of carbonyl (C=O) groups is 2. The van der Waals surface area contributed by atoms with E-state index in [9.17, 15) is 9.59 Å². The van der Waals surface area contributed by atoms with E-state index in [4.69, 9.17) is 4.42 Å². The number of hydrazone groups is 1. The molecule has 21 heavy (non-hydrogen) atoms. The molecule has 0 saturated heterocycles. The molecule has 2 N–H and O–H groups in total. The molecule has 0 atom stereocenters. The molecule has 0 spiro atoms. The highest BCUT2D eigenvalue weighted by molar-refractivity contribution is 6.06. The predicted octanol–water partition coefficient (Wildman–Crippen LogP) is 2.41. The molecule has 0 radical (unpaired) electrons. The van der Waals surface area contributed by atoms with E-state index in [2.05, 4.69) is 15.8 Å². The van der Waals surface area contributed by atoms with Gasteiger partial charge in [-0.1, -0.05) is 18.2 Å². The third-order valence-electron chi connectivity index (χ3n) is 2.57. The summed E-state index contributed by atoms with van der Waals surface area (Å²) in [5.74, 6) is -0.488. The van der Waals surface area contributed by atoms with Gasteiger partial charge in [0.15, 0.2) is 5.76 Å². The van der Waals surface area contributed by atoms with Gasteiger partial charge in [-0.25, -0.2) is 5.43 Å². The molecular weight excluding hydrogens is 270 g/mol. The lowest BCUT2D eigenvalue weighted by Gasteiger charge is -2.04. The predicted molar refractivity (Wildman–Crippen MR) is 79.0 cm³/mol. The van der Waals surface area contributed by atoms with Crippen LogP contribution in [0.25, 0.3) is 0 Å². The molecule has 2 rings (SSSR count). The zero-order valence-corrected chi connectivity index (χ0v) is 11.5. The van der Waals surface area contributed by atoms with Crippen molar-refractivity contribution in [2.24, 2.45) is 5.10 Å². The summed E-state index contributed by atoms with van der Waals surface area (Å²) in [7, 11) is 0. The summed E-state index contributed by atoms with van der Waals surface area (Å²) >= 11 is 0. The number of amides is 2. The van der Waals surface area contributed by atoms with Crippen molar-refractivity contribution in [3.8, 4) is 0 Å². The Balaban J connectivity index is 1.83. The zero-order valence-electron chi connectivity index (χ0n) is 11.5. The SMILES string of the molecule is C/C(CC(=O)Nc1ccccc1)=N\NC(=O)c1ccco1. The van der Waals surface area contributed by atoms with E-state index in [1.54, 1.807) is 25.1 Å². The van der Waals surface area contributed by atoms with Crippen molar-refractivity contribution in [2.45, 2.75) is 13.3 Å². The van der Waals surface area contributed by atoms with Gasteiger partial charge in [-0.2, -0.15) is 5.10 Å². The van der Waals surface area contributed by atoms with Gasteiger partial charge in [-0.05, 0) is 31.2 Å². The maximum Gasteiger partial charge on any atom is 0.307 e. The minimum Gasteiger partial charge on any atom is -0.459 e. The van der Waals surface area contributed by atoms with Gasteiger partial charge in [0, 0.05) is 11.4 Å². The summed E-state index contributed by atoms with van der Waals surface area (Å²) in [6.45, 7) is 1.66. The molecule has 0 unspecified atom stereocenters. The molecule has 0 aliphatic carbocycles. The zero-order chi connectivity index (χ0) is 15.1. The minimum atomic E-state index is -0.456. The van der Waals surface area contributed by atoms with Crippen LogP contribution in [-0.4, -0.2) is 17.5 Å². The lowest BCUT2D eigenvalue weighted by atomic mass is 10.2. The Hall–Kier alpha value is -2.89. The molecule has 1 heterocycles. The first-order valence-corrected chi connectivity index (χ1v) is 6.37. The largest absolute Gasteiger partial charge is 0.459 e. The molecule has 6 nitrogen and oxygen atoms in total. The molecule has 0 bridgehead atoms. The number of carbonyl (C=O) groups excluding carboxylic acids is 2. The van der Waals surface area contributed by atoms with Crippen LogP contribution >= 0.6 is 0 Å². The van der Waals surface area contributed by atoms with Crippen molar-refractivity contribution in [3.63, 3.8) is 0 Å². The number of para-hydroxylation sites is 1. The average Bonchev–Trinajstić information content (AvgIpc) is 3.00. The van der Waals surface area contributed by atoms with E-state index in [0.29, 0.717) is 5.71 Å². The Kier molecular flexibility index (Phi) is 4.87. The molecule has 2 aromatic rings. The first kappa shape index (κ1) is 14.5. The van der Waals surface area contributed by atoms with Crippen molar-refractivity contribution in [1.29, 1.82) is 0 Å². The number of rotatable bonds is 5. The summed E-state index contributed by atoms with van der Waals surface area (Å²) < 4.78 is 4.93. The third-order valence-corrected chi connectivity index (χ3v) is 2.57. The maximum atomic E-state index is 11.8. The van der Waals surface area contributed by atoms with Crippen LogP contribution in [0.15, 0.2) is 58.2 Å². The highest BCUT2D eigenvalue weighted by Crippen LogP contribution is 2.05. The Bertz CT molecular complexity index is 633. The number of hydrogen-bond acceptors (Lipinski definition) is 4. The van der Waals surface area contributed by atoms with Crippen LogP contribution in [0.1, 0.15) is 23.9 Å². The molecule has 0 aliphatic rings.